The monoisotopic (exact) mass is 371 g/mol. The molecule has 0 fully saturated rings. The Labute approximate surface area is 164 Å². The molecule has 0 radical (unpaired) electrons. The van der Waals surface area contributed by atoms with E-state index in [-0.39, 0.29) is 12.3 Å². The summed E-state index contributed by atoms with van der Waals surface area (Å²) < 4.78 is 12.3. The minimum Gasteiger partial charge on any atom is -0.490 e. The number of fused-ring (bicyclic) bond motifs is 3. The lowest BCUT2D eigenvalue weighted by Crippen LogP contribution is -2.34. The van der Waals surface area contributed by atoms with Crippen LogP contribution in [-0.2, 0) is 0 Å². The topological polar surface area (TPSA) is 47.0 Å². The predicted molar refractivity (Wildman–Crippen MR) is 107 cm³/mol. The number of para-hydroxylation sites is 1. The first kappa shape index (κ1) is 16.8. The number of hydrogen-bond donors (Lipinski definition) is 0. The van der Waals surface area contributed by atoms with E-state index < -0.39 is 0 Å². The summed E-state index contributed by atoms with van der Waals surface area (Å²) in [6.45, 7) is 2.58. The molecule has 0 saturated heterocycles. The molecule has 3 heterocycles. The first-order valence-corrected chi connectivity index (χ1v) is 9.58. The average Bonchev–Trinajstić information content (AvgIpc) is 3.21. The standard InChI is InChI=1S/C23H21N3O2/c1-2-27-21-12-6-11-18-20-14-19(16-8-4-3-5-9-16)25-26(20)23(28-22(18)21)17-10-7-13-24-15-17/h3-13,15,20,23H,2,14H2,1H3/t20-,23+/m0/s1. The maximum absolute atomic E-state index is 6.45. The predicted octanol–water partition coefficient (Wildman–Crippen LogP) is 4.72. The lowest BCUT2D eigenvalue weighted by Gasteiger charge is -2.38. The first-order valence-electron chi connectivity index (χ1n) is 9.58. The van der Waals surface area contributed by atoms with Crippen LogP contribution in [0.4, 0.5) is 0 Å². The zero-order valence-electron chi connectivity index (χ0n) is 15.7. The molecule has 28 heavy (non-hydrogen) atoms. The molecule has 2 aromatic carbocycles. The first-order chi connectivity index (χ1) is 13.8. The number of benzene rings is 2. The lowest BCUT2D eigenvalue weighted by atomic mass is 9.95. The van der Waals surface area contributed by atoms with Crippen molar-refractivity contribution in [3.63, 3.8) is 0 Å². The van der Waals surface area contributed by atoms with Gasteiger partial charge in [0.2, 0.25) is 6.23 Å². The summed E-state index contributed by atoms with van der Waals surface area (Å²) in [5.74, 6) is 1.59. The van der Waals surface area contributed by atoms with Gasteiger partial charge in [-0.05, 0) is 24.6 Å². The molecule has 5 heteroatoms. The Morgan fingerprint density at radius 3 is 2.75 bits per heavy atom. The van der Waals surface area contributed by atoms with Crippen molar-refractivity contribution < 1.29 is 9.47 Å². The van der Waals surface area contributed by atoms with Crippen molar-refractivity contribution in [2.24, 2.45) is 5.10 Å². The number of nitrogens with zero attached hydrogens (tertiary/aromatic N) is 3. The Kier molecular flexibility index (Phi) is 4.20. The summed E-state index contributed by atoms with van der Waals surface area (Å²) >= 11 is 0. The Balaban J connectivity index is 1.62. The van der Waals surface area contributed by atoms with E-state index in [4.69, 9.17) is 14.6 Å². The SMILES string of the molecule is CCOc1cccc2c1O[C@H](c1cccnc1)N1N=C(c3ccccc3)C[C@@H]21. The van der Waals surface area contributed by atoms with Crippen molar-refractivity contribution in [2.75, 3.05) is 6.61 Å². The molecule has 5 nitrogen and oxygen atoms in total. The van der Waals surface area contributed by atoms with Crippen molar-refractivity contribution >= 4 is 5.71 Å². The van der Waals surface area contributed by atoms with Crippen molar-refractivity contribution in [1.29, 1.82) is 0 Å². The maximum Gasteiger partial charge on any atom is 0.215 e. The highest BCUT2D eigenvalue weighted by Gasteiger charge is 2.42. The Morgan fingerprint density at radius 2 is 1.96 bits per heavy atom. The van der Waals surface area contributed by atoms with Gasteiger partial charge in [0.25, 0.3) is 0 Å². The van der Waals surface area contributed by atoms with Crippen LogP contribution < -0.4 is 9.47 Å². The fourth-order valence-corrected chi connectivity index (χ4v) is 3.90. The second kappa shape index (κ2) is 7.00. The highest BCUT2D eigenvalue weighted by atomic mass is 16.5. The molecule has 0 N–H and O–H groups in total. The summed E-state index contributed by atoms with van der Waals surface area (Å²) in [6.07, 6.45) is 4.10. The van der Waals surface area contributed by atoms with Crippen LogP contribution in [0.15, 0.2) is 78.2 Å². The van der Waals surface area contributed by atoms with Crippen LogP contribution in [-0.4, -0.2) is 22.3 Å². The minimum absolute atomic E-state index is 0.101. The smallest absolute Gasteiger partial charge is 0.215 e. The fourth-order valence-electron chi connectivity index (χ4n) is 3.90. The van der Waals surface area contributed by atoms with E-state index >= 15 is 0 Å². The molecule has 140 valence electrons. The molecular formula is C23H21N3O2. The van der Waals surface area contributed by atoms with Crippen molar-refractivity contribution in [3.8, 4) is 11.5 Å². The maximum atomic E-state index is 6.45. The second-order valence-electron chi connectivity index (χ2n) is 6.88. The molecule has 2 aliphatic heterocycles. The third-order valence-corrected chi connectivity index (χ3v) is 5.16. The van der Waals surface area contributed by atoms with E-state index in [2.05, 4.69) is 28.2 Å². The molecule has 1 aromatic heterocycles. The number of aromatic nitrogens is 1. The lowest BCUT2D eigenvalue weighted by molar-refractivity contribution is -0.0214. The van der Waals surface area contributed by atoms with Crippen molar-refractivity contribution in [3.05, 3.63) is 89.7 Å². The van der Waals surface area contributed by atoms with Crippen LogP contribution in [0.25, 0.3) is 0 Å². The zero-order chi connectivity index (χ0) is 18.9. The second-order valence-corrected chi connectivity index (χ2v) is 6.88. The van der Waals surface area contributed by atoms with Gasteiger partial charge >= 0.3 is 0 Å². The Hall–Kier alpha value is -3.34. The van der Waals surface area contributed by atoms with Gasteiger partial charge in [0.05, 0.1) is 18.4 Å². The molecule has 0 aliphatic carbocycles. The molecule has 0 amide bonds. The third kappa shape index (κ3) is 2.80. The van der Waals surface area contributed by atoms with Crippen LogP contribution >= 0.6 is 0 Å². The molecule has 2 atom stereocenters. The van der Waals surface area contributed by atoms with Gasteiger partial charge in [-0.15, -0.1) is 0 Å². The van der Waals surface area contributed by atoms with Gasteiger partial charge in [-0.25, -0.2) is 5.01 Å². The van der Waals surface area contributed by atoms with Gasteiger partial charge in [0, 0.05) is 29.9 Å². The van der Waals surface area contributed by atoms with Crippen molar-refractivity contribution in [2.45, 2.75) is 25.6 Å². The molecule has 0 spiro atoms. The summed E-state index contributed by atoms with van der Waals surface area (Å²) in [7, 11) is 0. The Morgan fingerprint density at radius 1 is 1.07 bits per heavy atom. The highest BCUT2D eigenvalue weighted by Crippen LogP contribution is 2.50. The number of rotatable bonds is 4. The minimum atomic E-state index is -0.339. The van der Waals surface area contributed by atoms with E-state index in [0.29, 0.717) is 6.61 Å². The molecular weight excluding hydrogens is 350 g/mol. The van der Waals surface area contributed by atoms with Gasteiger partial charge < -0.3 is 9.47 Å². The zero-order valence-corrected chi connectivity index (χ0v) is 15.7. The summed E-state index contributed by atoms with van der Waals surface area (Å²) in [4.78, 5) is 4.28. The number of hydrazone groups is 1. The fraction of sp³-hybridized carbons (Fsp3) is 0.217. The number of pyridine rings is 1. The molecule has 0 bridgehead atoms. The average molecular weight is 371 g/mol. The largest absolute Gasteiger partial charge is 0.490 e. The normalized spacial score (nSPS) is 20.0. The summed E-state index contributed by atoms with van der Waals surface area (Å²) in [6, 6.07) is 20.5. The summed E-state index contributed by atoms with van der Waals surface area (Å²) in [5.41, 5.74) is 4.30. The van der Waals surface area contributed by atoms with E-state index in [0.717, 1.165) is 40.3 Å². The molecule has 0 unspecified atom stereocenters. The van der Waals surface area contributed by atoms with E-state index in [1.165, 1.54) is 0 Å². The van der Waals surface area contributed by atoms with Gasteiger partial charge in [0.1, 0.15) is 0 Å². The quantitative estimate of drug-likeness (QED) is 0.666. The van der Waals surface area contributed by atoms with E-state index in [1.54, 1.807) is 6.20 Å². The van der Waals surface area contributed by atoms with Gasteiger partial charge in [-0.3, -0.25) is 4.98 Å². The van der Waals surface area contributed by atoms with Crippen LogP contribution in [0, 0.1) is 0 Å². The molecule has 0 saturated carbocycles. The van der Waals surface area contributed by atoms with Crippen LogP contribution in [0.1, 0.15) is 42.3 Å². The highest BCUT2D eigenvalue weighted by molar-refractivity contribution is 6.01. The summed E-state index contributed by atoms with van der Waals surface area (Å²) in [5, 5.41) is 7.04. The van der Waals surface area contributed by atoms with E-state index in [1.807, 2.05) is 55.6 Å². The van der Waals surface area contributed by atoms with Gasteiger partial charge in [0.15, 0.2) is 11.5 Å². The van der Waals surface area contributed by atoms with Gasteiger partial charge in [-0.2, -0.15) is 5.10 Å². The van der Waals surface area contributed by atoms with Crippen LogP contribution in [0.2, 0.25) is 0 Å². The molecule has 2 aliphatic rings. The molecule has 3 aromatic rings. The number of hydrogen-bond acceptors (Lipinski definition) is 5. The van der Waals surface area contributed by atoms with Crippen molar-refractivity contribution in [1.82, 2.24) is 9.99 Å². The van der Waals surface area contributed by atoms with Crippen LogP contribution in [0.3, 0.4) is 0 Å². The Bertz CT molecular complexity index is 1000. The number of ether oxygens (including phenoxy) is 2. The van der Waals surface area contributed by atoms with Gasteiger partial charge in [-0.1, -0.05) is 48.5 Å². The van der Waals surface area contributed by atoms with Crippen LogP contribution in [0.5, 0.6) is 11.5 Å². The molecule has 5 rings (SSSR count). The van der Waals surface area contributed by atoms with E-state index in [9.17, 15) is 0 Å². The third-order valence-electron chi connectivity index (χ3n) is 5.16.